The SMILES string of the molecule is CC.CC.CC1CCC2CC1C2(C(F)(F)F)C(F)(F)F. The molecule has 3 atom stereocenters. The summed E-state index contributed by atoms with van der Waals surface area (Å²) >= 11 is 0. The van der Waals surface area contributed by atoms with Crippen LogP contribution < -0.4 is 0 Å². The van der Waals surface area contributed by atoms with E-state index in [1.54, 1.807) is 0 Å². The molecule has 0 aliphatic heterocycles. The number of fused-ring (bicyclic) bond motifs is 2. The number of alkyl halides is 6. The molecule has 3 aliphatic carbocycles. The fraction of sp³-hybridized carbons (Fsp3) is 1.00. The molecular formula is C14H24F6. The van der Waals surface area contributed by atoms with Gasteiger partial charge < -0.3 is 0 Å². The van der Waals surface area contributed by atoms with Crippen molar-refractivity contribution in [3.63, 3.8) is 0 Å². The summed E-state index contributed by atoms with van der Waals surface area (Å²) in [5, 5.41) is 0. The first-order chi connectivity index (χ1) is 9.12. The standard InChI is InChI=1S/C10H12F6.2C2H6/c1-5-2-3-6-4-7(5)8(6,9(11,12)13)10(14,15)16;2*1-2/h5-7H,2-4H2,1H3;2*1-2H3. The Labute approximate surface area is 116 Å². The van der Waals surface area contributed by atoms with Crippen molar-refractivity contribution >= 4 is 0 Å². The van der Waals surface area contributed by atoms with Gasteiger partial charge >= 0.3 is 12.4 Å². The zero-order valence-corrected chi connectivity index (χ0v) is 12.6. The van der Waals surface area contributed by atoms with Gasteiger partial charge in [-0.25, -0.2) is 0 Å². The first-order valence-electron chi connectivity index (χ1n) is 7.25. The Morgan fingerprint density at radius 2 is 1.20 bits per heavy atom. The third kappa shape index (κ3) is 2.67. The highest BCUT2D eigenvalue weighted by atomic mass is 19.4. The highest BCUT2D eigenvalue weighted by Crippen LogP contribution is 2.73. The van der Waals surface area contributed by atoms with Crippen molar-refractivity contribution in [3.8, 4) is 0 Å². The minimum absolute atomic E-state index is 0.0384. The molecule has 0 radical (unpaired) electrons. The molecule has 0 aromatic carbocycles. The van der Waals surface area contributed by atoms with Crippen LogP contribution in [0.25, 0.3) is 0 Å². The Morgan fingerprint density at radius 3 is 1.40 bits per heavy atom. The lowest BCUT2D eigenvalue weighted by molar-refractivity contribution is -0.423. The van der Waals surface area contributed by atoms with Crippen molar-refractivity contribution in [1.82, 2.24) is 0 Å². The van der Waals surface area contributed by atoms with E-state index in [1.807, 2.05) is 27.7 Å². The van der Waals surface area contributed by atoms with E-state index in [2.05, 4.69) is 0 Å². The summed E-state index contributed by atoms with van der Waals surface area (Å²) in [6, 6.07) is 0. The van der Waals surface area contributed by atoms with Gasteiger partial charge in [-0.05, 0) is 30.6 Å². The van der Waals surface area contributed by atoms with Crippen LogP contribution in [0.5, 0.6) is 0 Å². The summed E-state index contributed by atoms with van der Waals surface area (Å²) in [6.07, 6.45) is -9.76. The lowest BCUT2D eigenvalue weighted by Gasteiger charge is -2.62. The Balaban J connectivity index is 0.000000829. The van der Waals surface area contributed by atoms with E-state index in [0.29, 0.717) is 6.42 Å². The molecule has 0 aromatic heterocycles. The van der Waals surface area contributed by atoms with E-state index in [4.69, 9.17) is 0 Å². The molecule has 3 fully saturated rings. The van der Waals surface area contributed by atoms with Gasteiger partial charge in [-0.1, -0.05) is 41.0 Å². The molecule has 2 bridgehead atoms. The molecule has 6 heteroatoms. The van der Waals surface area contributed by atoms with Gasteiger partial charge in [0.25, 0.3) is 0 Å². The molecule has 20 heavy (non-hydrogen) atoms. The Kier molecular flexibility index (Phi) is 6.42. The van der Waals surface area contributed by atoms with Crippen LogP contribution in [-0.2, 0) is 0 Å². The summed E-state index contributed by atoms with van der Waals surface area (Å²) in [5.74, 6) is -3.02. The quantitative estimate of drug-likeness (QED) is 0.466. The molecule has 0 amide bonds. The fourth-order valence-electron chi connectivity index (χ4n) is 3.56. The fourth-order valence-corrected chi connectivity index (χ4v) is 3.56. The molecule has 0 spiro atoms. The number of rotatable bonds is 0. The molecule has 0 N–H and O–H groups in total. The predicted molar refractivity (Wildman–Crippen MR) is 67.2 cm³/mol. The molecular weight excluding hydrogens is 282 g/mol. The van der Waals surface area contributed by atoms with E-state index in [0.717, 1.165) is 0 Å². The van der Waals surface area contributed by atoms with Crippen LogP contribution in [0.15, 0.2) is 0 Å². The second kappa shape index (κ2) is 6.56. The summed E-state index contributed by atoms with van der Waals surface area (Å²) in [5.41, 5.74) is -3.42. The minimum atomic E-state index is -5.17. The number of hydrogen-bond donors (Lipinski definition) is 0. The van der Waals surface area contributed by atoms with E-state index in [1.165, 1.54) is 6.92 Å². The van der Waals surface area contributed by atoms with Crippen LogP contribution in [0.3, 0.4) is 0 Å². The van der Waals surface area contributed by atoms with E-state index < -0.39 is 35.5 Å². The Morgan fingerprint density at radius 1 is 0.800 bits per heavy atom. The lowest BCUT2D eigenvalue weighted by Crippen LogP contribution is -2.69. The first kappa shape index (κ1) is 19.6. The maximum Gasteiger partial charge on any atom is 0.403 e. The van der Waals surface area contributed by atoms with Gasteiger partial charge in [0.2, 0.25) is 0 Å². The van der Waals surface area contributed by atoms with E-state index >= 15 is 0 Å². The van der Waals surface area contributed by atoms with Gasteiger partial charge in [-0.3, -0.25) is 0 Å². The lowest BCUT2D eigenvalue weighted by atomic mass is 9.43. The molecule has 3 rings (SSSR count). The monoisotopic (exact) mass is 306 g/mol. The predicted octanol–water partition coefficient (Wildman–Crippen LogP) is 6.22. The highest BCUT2D eigenvalue weighted by Gasteiger charge is 2.82. The molecule has 0 heterocycles. The van der Waals surface area contributed by atoms with Crippen LogP contribution in [0.2, 0.25) is 0 Å². The Bertz CT molecular complexity index is 275. The molecule has 3 saturated carbocycles. The van der Waals surface area contributed by atoms with E-state index in [-0.39, 0.29) is 12.8 Å². The molecule has 3 unspecified atom stereocenters. The van der Waals surface area contributed by atoms with Gasteiger partial charge in [0.1, 0.15) is 0 Å². The van der Waals surface area contributed by atoms with Gasteiger partial charge in [-0.2, -0.15) is 26.3 Å². The van der Waals surface area contributed by atoms with Gasteiger partial charge in [0.15, 0.2) is 5.41 Å². The van der Waals surface area contributed by atoms with Crippen LogP contribution >= 0.6 is 0 Å². The zero-order valence-electron chi connectivity index (χ0n) is 12.6. The highest BCUT2D eigenvalue weighted by molar-refractivity contribution is 5.14. The van der Waals surface area contributed by atoms with E-state index in [9.17, 15) is 26.3 Å². The summed E-state index contributed by atoms with van der Waals surface area (Å²) in [4.78, 5) is 0. The third-order valence-electron chi connectivity index (χ3n) is 4.36. The number of halogens is 6. The molecule has 122 valence electrons. The first-order valence-corrected chi connectivity index (χ1v) is 7.25. The third-order valence-corrected chi connectivity index (χ3v) is 4.36. The van der Waals surface area contributed by atoms with Crippen LogP contribution in [0.1, 0.15) is 53.9 Å². The average molecular weight is 306 g/mol. The minimum Gasteiger partial charge on any atom is -0.170 e. The van der Waals surface area contributed by atoms with Crippen molar-refractivity contribution in [2.24, 2.45) is 23.2 Å². The van der Waals surface area contributed by atoms with Gasteiger partial charge in [-0.15, -0.1) is 0 Å². The molecule has 3 aliphatic rings. The normalized spacial score (nSPS) is 31.1. The summed E-state index contributed by atoms with van der Waals surface area (Å²) < 4.78 is 77.0. The largest absolute Gasteiger partial charge is 0.403 e. The maximum atomic E-state index is 12.8. The summed E-state index contributed by atoms with van der Waals surface area (Å²) in [6.45, 7) is 9.49. The average Bonchev–Trinajstić information content (AvgIpc) is 2.30. The van der Waals surface area contributed by atoms with Crippen LogP contribution in [0.4, 0.5) is 26.3 Å². The van der Waals surface area contributed by atoms with Crippen LogP contribution in [0, 0.1) is 23.2 Å². The maximum absolute atomic E-state index is 12.8. The Hall–Kier alpha value is -0.420. The van der Waals surface area contributed by atoms with Crippen molar-refractivity contribution in [1.29, 1.82) is 0 Å². The number of hydrogen-bond acceptors (Lipinski definition) is 0. The second-order valence-corrected chi connectivity index (χ2v) is 4.96. The zero-order chi connectivity index (χ0) is 16.4. The topological polar surface area (TPSA) is 0 Å². The van der Waals surface area contributed by atoms with Crippen molar-refractivity contribution in [3.05, 3.63) is 0 Å². The molecule has 0 nitrogen and oxygen atoms in total. The molecule has 0 saturated heterocycles. The van der Waals surface area contributed by atoms with Crippen LogP contribution in [-0.4, -0.2) is 12.4 Å². The second-order valence-electron chi connectivity index (χ2n) is 4.96. The van der Waals surface area contributed by atoms with Crippen molar-refractivity contribution in [2.45, 2.75) is 66.2 Å². The van der Waals surface area contributed by atoms with Gasteiger partial charge in [0.05, 0.1) is 0 Å². The van der Waals surface area contributed by atoms with Crippen molar-refractivity contribution in [2.75, 3.05) is 0 Å². The summed E-state index contributed by atoms with van der Waals surface area (Å²) in [7, 11) is 0. The van der Waals surface area contributed by atoms with Crippen molar-refractivity contribution < 1.29 is 26.3 Å². The van der Waals surface area contributed by atoms with Gasteiger partial charge in [0, 0.05) is 0 Å². The smallest absolute Gasteiger partial charge is 0.170 e. The molecule has 0 aromatic rings.